The molecular weight excluding hydrogens is 211 g/mol. The van der Waals surface area contributed by atoms with E-state index in [1.807, 2.05) is 12.1 Å². The van der Waals surface area contributed by atoms with E-state index in [9.17, 15) is 0 Å². The summed E-state index contributed by atoms with van der Waals surface area (Å²) in [7, 11) is 0. The van der Waals surface area contributed by atoms with Gasteiger partial charge in [-0.15, -0.1) is 11.8 Å². The molecule has 0 saturated carbocycles. The van der Waals surface area contributed by atoms with Crippen molar-refractivity contribution in [3.05, 3.63) is 35.2 Å². The SMILES string of the molecule is [CH2]CCSc1cc(Cl)cc(Cl)c1. The average Bonchev–Trinajstić information content (AvgIpc) is 1.99. The van der Waals surface area contributed by atoms with Crippen molar-refractivity contribution in [2.75, 3.05) is 5.75 Å². The van der Waals surface area contributed by atoms with Crippen LogP contribution in [-0.2, 0) is 0 Å². The third kappa shape index (κ3) is 3.26. The number of hydrogen-bond donors (Lipinski definition) is 0. The Labute approximate surface area is 87.3 Å². The van der Waals surface area contributed by atoms with Gasteiger partial charge < -0.3 is 0 Å². The van der Waals surface area contributed by atoms with Gasteiger partial charge in [0.2, 0.25) is 0 Å². The van der Waals surface area contributed by atoms with Gasteiger partial charge in [-0.3, -0.25) is 0 Å². The molecule has 0 bridgehead atoms. The summed E-state index contributed by atoms with van der Waals surface area (Å²) in [5.74, 6) is 0.997. The fourth-order valence-corrected chi connectivity index (χ4v) is 2.26. The van der Waals surface area contributed by atoms with E-state index in [0.717, 1.165) is 17.1 Å². The number of halogens is 2. The summed E-state index contributed by atoms with van der Waals surface area (Å²) in [6, 6.07) is 5.55. The molecule has 0 aliphatic carbocycles. The largest absolute Gasteiger partial charge is 0.126 e. The first kappa shape index (κ1) is 10.2. The van der Waals surface area contributed by atoms with Crippen LogP contribution in [0.25, 0.3) is 0 Å². The number of thioether (sulfide) groups is 1. The maximum Gasteiger partial charge on any atom is 0.0431 e. The van der Waals surface area contributed by atoms with Crippen LogP contribution in [0.3, 0.4) is 0 Å². The Morgan fingerprint density at radius 2 is 1.75 bits per heavy atom. The second kappa shape index (κ2) is 5.00. The second-order valence-electron chi connectivity index (χ2n) is 2.31. The molecule has 0 spiro atoms. The van der Waals surface area contributed by atoms with Crippen LogP contribution in [0, 0.1) is 6.92 Å². The van der Waals surface area contributed by atoms with Crippen molar-refractivity contribution < 1.29 is 0 Å². The van der Waals surface area contributed by atoms with Gasteiger partial charge in [0.15, 0.2) is 0 Å². The van der Waals surface area contributed by atoms with Crippen LogP contribution in [0.15, 0.2) is 23.1 Å². The molecule has 0 unspecified atom stereocenters. The molecule has 0 atom stereocenters. The fraction of sp³-hybridized carbons (Fsp3) is 0.222. The first-order valence-corrected chi connectivity index (χ1v) is 5.34. The number of rotatable bonds is 3. The van der Waals surface area contributed by atoms with Gasteiger partial charge in [-0.25, -0.2) is 0 Å². The standard InChI is InChI=1S/C9H9Cl2S/c1-2-3-12-9-5-7(10)4-8(11)6-9/h4-6H,1-3H2. The van der Waals surface area contributed by atoms with E-state index in [2.05, 4.69) is 6.92 Å². The van der Waals surface area contributed by atoms with Gasteiger partial charge in [0.25, 0.3) is 0 Å². The van der Waals surface area contributed by atoms with Crippen LogP contribution < -0.4 is 0 Å². The maximum atomic E-state index is 5.82. The molecule has 3 heteroatoms. The number of benzene rings is 1. The molecule has 1 rings (SSSR count). The molecule has 12 heavy (non-hydrogen) atoms. The van der Waals surface area contributed by atoms with Crippen LogP contribution in [0.4, 0.5) is 0 Å². The smallest absolute Gasteiger partial charge is 0.0431 e. The molecule has 0 heterocycles. The quantitative estimate of drug-likeness (QED) is 0.684. The van der Waals surface area contributed by atoms with Gasteiger partial charge in [0.1, 0.15) is 0 Å². The third-order valence-electron chi connectivity index (χ3n) is 1.25. The normalized spacial score (nSPS) is 10.2. The lowest BCUT2D eigenvalue weighted by Gasteiger charge is -2.00. The summed E-state index contributed by atoms with van der Waals surface area (Å²) in [6.07, 6.45) is 0.912. The summed E-state index contributed by atoms with van der Waals surface area (Å²) < 4.78 is 0. The molecule has 0 saturated heterocycles. The van der Waals surface area contributed by atoms with Gasteiger partial charge in [-0.2, -0.15) is 0 Å². The first-order valence-electron chi connectivity index (χ1n) is 3.60. The average molecular weight is 220 g/mol. The Morgan fingerprint density at radius 3 is 2.25 bits per heavy atom. The molecule has 65 valence electrons. The highest BCUT2D eigenvalue weighted by Gasteiger charge is 1.97. The van der Waals surface area contributed by atoms with Crippen molar-refractivity contribution in [1.29, 1.82) is 0 Å². The predicted molar refractivity (Wildman–Crippen MR) is 57.2 cm³/mol. The fourth-order valence-electron chi connectivity index (χ4n) is 0.802. The monoisotopic (exact) mass is 219 g/mol. The lowest BCUT2D eigenvalue weighted by atomic mass is 10.4. The molecule has 0 aromatic heterocycles. The minimum atomic E-state index is 0.689. The van der Waals surface area contributed by atoms with Crippen molar-refractivity contribution in [3.63, 3.8) is 0 Å². The van der Waals surface area contributed by atoms with E-state index in [-0.39, 0.29) is 0 Å². The zero-order valence-electron chi connectivity index (χ0n) is 6.52. The van der Waals surface area contributed by atoms with E-state index < -0.39 is 0 Å². The van der Waals surface area contributed by atoms with E-state index >= 15 is 0 Å². The van der Waals surface area contributed by atoms with Crippen molar-refractivity contribution in [2.24, 2.45) is 0 Å². The van der Waals surface area contributed by atoms with E-state index in [0.29, 0.717) is 10.0 Å². The molecule has 0 N–H and O–H groups in total. The minimum Gasteiger partial charge on any atom is -0.126 e. The zero-order valence-corrected chi connectivity index (χ0v) is 8.85. The summed E-state index contributed by atoms with van der Waals surface area (Å²) >= 11 is 13.3. The van der Waals surface area contributed by atoms with Crippen molar-refractivity contribution >= 4 is 35.0 Å². The molecule has 0 aliphatic heterocycles. The Morgan fingerprint density at radius 1 is 1.17 bits per heavy atom. The van der Waals surface area contributed by atoms with Gasteiger partial charge in [-0.1, -0.05) is 30.1 Å². The third-order valence-corrected chi connectivity index (χ3v) is 2.75. The molecule has 0 nitrogen and oxygen atoms in total. The summed E-state index contributed by atoms with van der Waals surface area (Å²) in [5.41, 5.74) is 0. The van der Waals surface area contributed by atoms with Gasteiger partial charge >= 0.3 is 0 Å². The summed E-state index contributed by atoms with van der Waals surface area (Å²) in [6.45, 7) is 3.76. The van der Waals surface area contributed by atoms with Gasteiger partial charge in [0, 0.05) is 14.9 Å². The first-order chi connectivity index (χ1) is 5.72. The lowest BCUT2D eigenvalue weighted by molar-refractivity contribution is 1.24. The lowest BCUT2D eigenvalue weighted by Crippen LogP contribution is -1.76. The highest BCUT2D eigenvalue weighted by molar-refractivity contribution is 7.99. The van der Waals surface area contributed by atoms with E-state index in [4.69, 9.17) is 23.2 Å². The Kier molecular flexibility index (Phi) is 4.27. The predicted octanol–water partition coefficient (Wildman–Crippen LogP) is 4.31. The highest BCUT2D eigenvalue weighted by atomic mass is 35.5. The van der Waals surface area contributed by atoms with Crippen LogP contribution in [-0.4, -0.2) is 5.75 Å². The molecule has 1 aromatic rings. The number of hydrogen-bond acceptors (Lipinski definition) is 1. The molecule has 1 aromatic carbocycles. The highest BCUT2D eigenvalue weighted by Crippen LogP contribution is 2.26. The van der Waals surface area contributed by atoms with Gasteiger partial charge in [0.05, 0.1) is 0 Å². The second-order valence-corrected chi connectivity index (χ2v) is 4.35. The van der Waals surface area contributed by atoms with Crippen molar-refractivity contribution in [1.82, 2.24) is 0 Å². The molecule has 0 amide bonds. The van der Waals surface area contributed by atoms with Crippen molar-refractivity contribution in [2.45, 2.75) is 11.3 Å². The Balaban J connectivity index is 2.72. The minimum absolute atomic E-state index is 0.689. The molecule has 0 aliphatic rings. The molecular formula is C9H9Cl2S. The van der Waals surface area contributed by atoms with Crippen LogP contribution in [0.5, 0.6) is 0 Å². The molecule has 1 radical (unpaired) electrons. The van der Waals surface area contributed by atoms with Crippen molar-refractivity contribution in [3.8, 4) is 0 Å². The Hall–Kier alpha value is 0.150. The van der Waals surface area contributed by atoms with Crippen LogP contribution >= 0.6 is 35.0 Å². The zero-order chi connectivity index (χ0) is 8.97. The van der Waals surface area contributed by atoms with Crippen LogP contribution in [0.1, 0.15) is 6.42 Å². The Bertz CT molecular complexity index is 240. The van der Waals surface area contributed by atoms with Crippen LogP contribution in [0.2, 0.25) is 10.0 Å². The summed E-state index contributed by atoms with van der Waals surface area (Å²) in [5, 5.41) is 1.38. The van der Waals surface area contributed by atoms with Gasteiger partial charge in [-0.05, 0) is 30.4 Å². The molecule has 0 fully saturated rings. The topological polar surface area (TPSA) is 0 Å². The van der Waals surface area contributed by atoms with E-state index in [1.165, 1.54) is 0 Å². The maximum absolute atomic E-state index is 5.82. The summed E-state index contributed by atoms with van der Waals surface area (Å²) in [4.78, 5) is 1.11. The van der Waals surface area contributed by atoms with E-state index in [1.54, 1.807) is 17.8 Å².